The van der Waals surface area contributed by atoms with Gasteiger partial charge in [0.15, 0.2) is 23.0 Å². The topological polar surface area (TPSA) is 113 Å². The Labute approximate surface area is 170 Å². The third kappa shape index (κ3) is 3.79. The van der Waals surface area contributed by atoms with Crippen LogP contribution in [0.4, 0.5) is 0 Å². The molecule has 4 rings (SSSR count). The van der Waals surface area contributed by atoms with Crippen molar-refractivity contribution in [2.24, 2.45) is 0 Å². The van der Waals surface area contributed by atoms with E-state index in [1.54, 1.807) is 18.2 Å². The van der Waals surface area contributed by atoms with Gasteiger partial charge in [0, 0.05) is 16.5 Å². The molecule has 0 saturated carbocycles. The second-order valence-corrected chi connectivity index (χ2v) is 7.52. The minimum absolute atomic E-state index is 0.105. The number of ether oxygens (including phenoxy) is 4. The molecule has 0 bridgehead atoms. The molecular formula is C18H15NO8S2. The maximum absolute atomic E-state index is 11.2. The molecule has 0 unspecified atom stereocenters. The average Bonchev–Trinajstić information content (AvgIpc) is 3.35. The molecule has 0 radical (unpaired) electrons. The largest absolute Gasteiger partial charge is 0.493 e. The predicted octanol–water partition coefficient (Wildman–Crippen LogP) is 3.40. The van der Waals surface area contributed by atoms with E-state index in [0.29, 0.717) is 28.5 Å². The number of hydrogen-bond donors (Lipinski definition) is 1. The Kier molecular flexibility index (Phi) is 4.94. The van der Waals surface area contributed by atoms with Crippen LogP contribution in [0.2, 0.25) is 0 Å². The highest BCUT2D eigenvalue weighted by Crippen LogP contribution is 2.46. The molecule has 1 aliphatic rings. The van der Waals surface area contributed by atoms with E-state index in [1.807, 2.05) is 5.38 Å². The van der Waals surface area contributed by atoms with Gasteiger partial charge in [-0.15, -0.1) is 0 Å². The predicted molar refractivity (Wildman–Crippen MR) is 104 cm³/mol. The molecule has 0 amide bonds. The first-order valence-corrected chi connectivity index (χ1v) is 10.4. The van der Waals surface area contributed by atoms with E-state index in [0.717, 1.165) is 11.1 Å². The summed E-state index contributed by atoms with van der Waals surface area (Å²) in [7, 11) is -1.82. The maximum Gasteiger partial charge on any atom is 0.446 e. The lowest BCUT2D eigenvalue weighted by Crippen LogP contribution is -2.07. The minimum atomic E-state index is -4.71. The molecule has 0 saturated heterocycles. The van der Waals surface area contributed by atoms with E-state index >= 15 is 0 Å². The molecule has 2 aromatic carbocycles. The Balaban J connectivity index is 1.81. The normalized spacial score (nSPS) is 12.7. The molecule has 152 valence electrons. The zero-order chi connectivity index (χ0) is 20.6. The number of benzene rings is 2. The van der Waals surface area contributed by atoms with E-state index in [9.17, 15) is 8.42 Å². The first-order valence-electron chi connectivity index (χ1n) is 8.17. The van der Waals surface area contributed by atoms with Crippen molar-refractivity contribution >= 4 is 21.9 Å². The highest BCUT2D eigenvalue weighted by atomic mass is 32.3. The van der Waals surface area contributed by atoms with Crippen molar-refractivity contribution in [3.63, 3.8) is 0 Å². The zero-order valence-electron chi connectivity index (χ0n) is 15.2. The maximum atomic E-state index is 11.2. The molecule has 0 fully saturated rings. The molecule has 9 nitrogen and oxygen atoms in total. The van der Waals surface area contributed by atoms with Crippen LogP contribution in [0.1, 0.15) is 0 Å². The fraction of sp³-hybridized carbons (Fsp3) is 0.167. The van der Waals surface area contributed by atoms with E-state index in [2.05, 4.69) is 8.56 Å². The molecule has 11 heteroatoms. The molecule has 1 aliphatic heterocycles. The third-order valence-electron chi connectivity index (χ3n) is 4.17. The SMILES string of the molecule is COc1ccc(-c2csnc2-c2cc(OC)c3c(c2)OCO3)cc1OS(=O)(=O)O. The number of aromatic nitrogens is 1. The Morgan fingerprint density at radius 1 is 1.03 bits per heavy atom. The Hall–Kier alpha value is -3.02. The van der Waals surface area contributed by atoms with Gasteiger partial charge in [-0.1, -0.05) is 6.07 Å². The second kappa shape index (κ2) is 7.43. The second-order valence-electron chi connectivity index (χ2n) is 5.87. The fourth-order valence-corrected chi connectivity index (χ4v) is 4.01. The molecule has 2 heterocycles. The lowest BCUT2D eigenvalue weighted by atomic mass is 10.0. The van der Waals surface area contributed by atoms with Gasteiger partial charge < -0.3 is 23.1 Å². The summed E-state index contributed by atoms with van der Waals surface area (Å²) >= 11 is 1.23. The van der Waals surface area contributed by atoms with Crippen LogP contribution in [0.3, 0.4) is 0 Å². The number of rotatable bonds is 6. The van der Waals surface area contributed by atoms with E-state index in [-0.39, 0.29) is 18.3 Å². The van der Waals surface area contributed by atoms with Gasteiger partial charge in [-0.05, 0) is 41.4 Å². The summed E-state index contributed by atoms with van der Waals surface area (Å²) < 4.78 is 61.8. The summed E-state index contributed by atoms with van der Waals surface area (Å²) in [4.78, 5) is 0. The summed E-state index contributed by atoms with van der Waals surface area (Å²) in [6, 6.07) is 8.29. The van der Waals surface area contributed by atoms with Gasteiger partial charge in [0.05, 0.1) is 19.9 Å². The van der Waals surface area contributed by atoms with Crippen LogP contribution in [0.5, 0.6) is 28.7 Å². The summed E-state index contributed by atoms with van der Waals surface area (Å²) in [5, 5.41) is 1.81. The highest BCUT2D eigenvalue weighted by Gasteiger charge is 2.23. The summed E-state index contributed by atoms with van der Waals surface area (Å²) in [5.41, 5.74) is 2.70. The van der Waals surface area contributed by atoms with Crippen molar-refractivity contribution in [3.8, 4) is 51.1 Å². The average molecular weight is 437 g/mol. The quantitative estimate of drug-likeness (QED) is 0.580. The molecule has 0 spiro atoms. The Bertz CT molecular complexity index is 1170. The first kappa shape index (κ1) is 19.3. The van der Waals surface area contributed by atoms with Crippen LogP contribution in [-0.4, -0.2) is 38.4 Å². The van der Waals surface area contributed by atoms with Crippen molar-refractivity contribution in [1.29, 1.82) is 0 Å². The van der Waals surface area contributed by atoms with Gasteiger partial charge in [0.1, 0.15) is 0 Å². The fourth-order valence-electron chi connectivity index (χ4n) is 2.94. The van der Waals surface area contributed by atoms with Crippen LogP contribution >= 0.6 is 11.5 Å². The molecule has 29 heavy (non-hydrogen) atoms. The number of fused-ring (bicyclic) bond motifs is 1. The highest BCUT2D eigenvalue weighted by molar-refractivity contribution is 7.81. The van der Waals surface area contributed by atoms with Crippen molar-refractivity contribution in [2.75, 3.05) is 21.0 Å². The van der Waals surface area contributed by atoms with Gasteiger partial charge in [0.2, 0.25) is 12.5 Å². The molecule has 0 atom stereocenters. The van der Waals surface area contributed by atoms with E-state index in [1.165, 1.54) is 37.9 Å². The van der Waals surface area contributed by atoms with E-state index < -0.39 is 10.4 Å². The molecular weight excluding hydrogens is 422 g/mol. The molecule has 1 N–H and O–H groups in total. The van der Waals surface area contributed by atoms with Gasteiger partial charge >= 0.3 is 10.4 Å². The number of hydrogen-bond acceptors (Lipinski definition) is 9. The molecule has 3 aromatic rings. The van der Waals surface area contributed by atoms with Crippen molar-refractivity contribution in [2.45, 2.75) is 0 Å². The van der Waals surface area contributed by atoms with Gasteiger partial charge in [-0.2, -0.15) is 12.8 Å². The Morgan fingerprint density at radius 2 is 1.79 bits per heavy atom. The standard InChI is InChI=1S/C18H15NO8S2/c1-23-13-4-3-10(5-14(13)27-29(20,21)22)12-8-28-19-17(12)11-6-15(24-2)18-16(7-11)25-9-26-18/h3-8H,9H2,1-2H3,(H,20,21,22). The van der Waals surface area contributed by atoms with Crippen LogP contribution in [0, 0.1) is 0 Å². The number of nitrogens with zero attached hydrogens (tertiary/aromatic N) is 1. The smallest absolute Gasteiger partial charge is 0.446 e. The third-order valence-corrected chi connectivity index (χ3v) is 5.19. The summed E-state index contributed by atoms with van der Waals surface area (Å²) in [5.74, 6) is 1.59. The Morgan fingerprint density at radius 3 is 2.52 bits per heavy atom. The summed E-state index contributed by atoms with van der Waals surface area (Å²) in [6.45, 7) is 0.105. The van der Waals surface area contributed by atoms with Crippen molar-refractivity contribution in [3.05, 3.63) is 35.7 Å². The van der Waals surface area contributed by atoms with Crippen molar-refractivity contribution < 1.29 is 36.1 Å². The molecule has 1 aromatic heterocycles. The molecule has 0 aliphatic carbocycles. The van der Waals surface area contributed by atoms with Crippen LogP contribution in [-0.2, 0) is 10.4 Å². The number of methoxy groups -OCH3 is 2. The van der Waals surface area contributed by atoms with E-state index in [4.69, 9.17) is 23.5 Å². The van der Waals surface area contributed by atoms with Gasteiger partial charge in [-0.25, -0.2) is 0 Å². The minimum Gasteiger partial charge on any atom is -0.493 e. The van der Waals surface area contributed by atoms with Crippen molar-refractivity contribution in [1.82, 2.24) is 4.37 Å². The van der Waals surface area contributed by atoms with Crippen LogP contribution in [0.15, 0.2) is 35.7 Å². The van der Waals surface area contributed by atoms with Crippen LogP contribution < -0.4 is 23.1 Å². The monoisotopic (exact) mass is 437 g/mol. The summed E-state index contributed by atoms with van der Waals surface area (Å²) in [6.07, 6.45) is 0. The first-order chi connectivity index (χ1) is 13.9. The zero-order valence-corrected chi connectivity index (χ0v) is 16.9. The lowest BCUT2D eigenvalue weighted by molar-refractivity contribution is 0.171. The van der Waals surface area contributed by atoms with Gasteiger partial charge in [-0.3, -0.25) is 4.55 Å². The van der Waals surface area contributed by atoms with Crippen LogP contribution in [0.25, 0.3) is 22.4 Å². The lowest BCUT2D eigenvalue weighted by Gasteiger charge is -2.11. The van der Waals surface area contributed by atoms with Gasteiger partial charge in [0.25, 0.3) is 0 Å².